The number of nitrogens with one attached hydrogen (secondary N) is 4. The highest BCUT2D eigenvalue weighted by Crippen LogP contribution is 2.41. The maximum atomic E-state index is 14.3. The standard InChI is InChI=1S/C40H58N6O9S/c1-22(23(2)37(49)33(45-27(6)48)12-17-56(7)53)18-30-29-9-11-36(55-16-14-42)32(21-29)31-19-28(8-10-35(31)54-15-13-41)20-34(40(52)43-24(3)26(5)47)46-38(50)25(4)44-39(30)51/h8-11,19,21-25,30,33-34H,12-18,20,41-42H2,1-7H3,(H,43,52)(H,44,51)(H,45,48)(H,46,50). The third-order valence-electron chi connectivity index (χ3n) is 9.93. The van der Waals surface area contributed by atoms with Crippen LogP contribution in [0.2, 0.25) is 0 Å². The minimum atomic E-state index is -1.18. The topological polar surface area (TPSA) is 238 Å². The van der Waals surface area contributed by atoms with Crippen LogP contribution in [0.4, 0.5) is 0 Å². The first-order valence-corrected chi connectivity index (χ1v) is 20.6. The summed E-state index contributed by atoms with van der Waals surface area (Å²) < 4.78 is 24.0. The van der Waals surface area contributed by atoms with Gasteiger partial charge in [-0.1, -0.05) is 26.0 Å². The van der Waals surface area contributed by atoms with Crippen molar-refractivity contribution in [3.8, 4) is 22.6 Å². The van der Waals surface area contributed by atoms with Crippen LogP contribution in [0.3, 0.4) is 0 Å². The van der Waals surface area contributed by atoms with Gasteiger partial charge in [-0.15, -0.1) is 0 Å². The zero-order chi connectivity index (χ0) is 41.7. The Kier molecular flexibility index (Phi) is 17.6. The molecule has 0 fully saturated rings. The van der Waals surface area contributed by atoms with Crippen molar-refractivity contribution in [3.63, 3.8) is 0 Å². The number of fused-ring (bicyclic) bond motifs is 5. The number of amides is 4. The van der Waals surface area contributed by atoms with E-state index in [1.165, 1.54) is 27.0 Å². The number of nitrogens with two attached hydrogens (primary N) is 2. The van der Waals surface area contributed by atoms with Gasteiger partial charge in [-0.05, 0) is 74.9 Å². The Hall–Kier alpha value is -4.67. The van der Waals surface area contributed by atoms with Gasteiger partial charge in [0.1, 0.15) is 36.8 Å². The largest absolute Gasteiger partial charge is 0.492 e. The summed E-state index contributed by atoms with van der Waals surface area (Å²) in [5, 5.41) is 10.9. The number of carbonyl (C=O) groups is 6. The Balaban J connectivity index is 2.21. The lowest BCUT2D eigenvalue weighted by Gasteiger charge is -2.29. The van der Waals surface area contributed by atoms with E-state index in [1.807, 2.05) is 19.1 Å². The summed E-state index contributed by atoms with van der Waals surface area (Å²) in [6.07, 6.45) is 1.92. The van der Waals surface area contributed by atoms with Crippen molar-refractivity contribution in [1.82, 2.24) is 21.3 Å². The maximum absolute atomic E-state index is 14.3. The zero-order valence-electron chi connectivity index (χ0n) is 33.4. The summed E-state index contributed by atoms with van der Waals surface area (Å²) in [7, 11) is -1.18. The molecule has 0 aliphatic carbocycles. The van der Waals surface area contributed by atoms with Crippen LogP contribution in [0, 0.1) is 11.8 Å². The van der Waals surface area contributed by atoms with E-state index in [9.17, 15) is 33.0 Å². The van der Waals surface area contributed by atoms with Crippen LogP contribution in [0.25, 0.3) is 11.1 Å². The molecule has 8 atom stereocenters. The molecule has 0 spiro atoms. The van der Waals surface area contributed by atoms with Gasteiger partial charge >= 0.3 is 0 Å². The molecule has 15 nitrogen and oxygen atoms in total. The fourth-order valence-corrected chi connectivity index (χ4v) is 6.97. The lowest BCUT2D eigenvalue weighted by atomic mass is 9.79. The van der Waals surface area contributed by atoms with Crippen LogP contribution in [-0.2, 0) is 46.0 Å². The summed E-state index contributed by atoms with van der Waals surface area (Å²) in [6.45, 7) is 10.1. The second kappa shape index (κ2) is 21.6. The monoisotopic (exact) mass is 798 g/mol. The predicted octanol–water partition coefficient (Wildman–Crippen LogP) is 1.26. The molecule has 16 heteroatoms. The molecule has 1 aliphatic rings. The lowest BCUT2D eigenvalue weighted by Crippen LogP contribution is -2.55. The molecule has 308 valence electrons. The van der Waals surface area contributed by atoms with Crippen LogP contribution in [-0.4, -0.2) is 102 Å². The van der Waals surface area contributed by atoms with Crippen LogP contribution in [0.15, 0.2) is 36.4 Å². The van der Waals surface area contributed by atoms with Crippen molar-refractivity contribution in [2.75, 3.05) is 38.3 Å². The number of hydrogen-bond donors (Lipinski definition) is 6. The average molecular weight is 799 g/mol. The van der Waals surface area contributed by atoms with Crippen LogP contribution in [0.5, 0.6) is 11.5 Å². The number of carbonyl (C=O) groups excluding carboxylic acids is 6. The first-order valence-electron chi connectivity index (χ1n) is 18.9. The van der Waals surface area contributed by atoms with Crippen molar-refractivity contribution < 1.29 is 42.4 Å². The molecule has 0 aromatic heterocycles. The van der Waals surface area contributed by atoms with Gasteiger partial charge in [0.25, 0.3) is 0 Å². The van der Waals surface area contributed by atoms with E-state index >= 15 is 0 Å². The molecule has 1 aliphatic heterocycles. The summed E-state index contributed by atoms with van der Waals surface area (Å²) in [5.74, 6) is -3.42. The van der Waals surface area contributed by atoms with E-state index in [0.29, 0.717) is 33.8 Å². The van der Waals surface area contributed by atoms with Gasteiger partial charge < -0.3 is 42.2 Å². The molecular formula is C40H58N6O9S. The number of benzene rings is 2. The smallest absolute Gasteiger partial charge is 0.243 e. The number of hydrogen-bond acceptors (Lipinski definition) is 11. The third kappa shape index (κ3) is 12.9. The molecule has 4 bridgehead atoms. The van der Waals surface area contributed by atoms with Crippen LogP contribution < -0.4 is 42.2 Å². The molecule has 0 saturated carbocycles. The van der Waals surface area contributed by atoms with Gasteiger partial charge in [0.05, 0.1) is 18.0 Å². The molecule has 0 saturated heterocycles. The quantitative estimate of drug-likeness (QED) is 0.126. The Labute approximate surface area is 331 Å². The highest BCUT2D eigenvalue weighted by molar-refractivity contribution is 7.84. The molecule has 0 radical (unpaired) electrons. The van der Waals surface area contributed by atoms with E-state index in [1.54, 1.807) is 38.1 Å². The van der Waals surface area contributed by atoms with Crippen molar-refractivity contribution in [2.24, 2.45) is 23.3 Å². The highest BCUT2D eigenvalue weighted by atomic mass is 32.2. The molecule has 3 rings (SSSR count). The Morgan fingerprint density at radius 3 is 2.07 bits per heavy atom. The van der Waals surface area contributed by atoms with Gasteiger partial charge in [-0.3, -0.25) is 33.0 Å². The van der Waals surface area contributed by atoms with E-state index in [-0.39, 0.29) is 68.8 Å². The van der Waals surface area contributed by atoms with E-state index in [2.05, 4.69) is 21.3 Å². The summed E-state index contributed by atoms with van der Waals surface area (Å²) >= 11 is 0. The first-order chi connectivity index (χ1) is 26.5. The number of ether oxygens (including phenoxy) is 2. The molecule has 2 aromatic carbocycles. The molecule has 4 amide bonds. The predicted molar refractivity (Wildman–Crippen MR) is 214 cm³/mol. The Bertz CT molecular complexity index is 1770. The maximum Gasteiger partial charge on any atom is 0.243 e. The minimum Gasteiger partial charge on any atom is -0.492 e. The van der Waals surface area contributed by atoms with Gasteiger partial charge in [0.2, 0.25) is 23.6 Å². The molecule has 8 N–H and O–H groups in total. The second-order valence-electron chi connectivity index (χ2n) is 14.5. The fourth-order valence-electron chi connectivity index (χ4n) is 6.40. The Morgan fingerprint density at radius 1 is 0.893 bits per heavy atom. The van der Waals surface area contributed by atoms with E-state index in [0.717, 1.165) is 0 Å². The van der Waals surface area contributed by atoms with E-state index in [4.69, 9.17) is 20.9 Å². The number of rotatable bonds is 18. The minimum absolute atomic E-state index is 0.0332. The van der Waals surface area contributed by atoms with Gasteiger partial charge in [0.15, 0.2) is 11.6 Å². The molecular weight excluding hydrogens is 741 g/mol. The summed E-state index contributed by atoms with van der Waals surface area (Å²) in [6, 6.07) is 6.76. The van der Waals surface area contributed by atoms with Crippen LogP contribution >= 0.6 is 0 Å². The summed E-state index contributed by atoms with van der Waals surface area (Å²) in [4.78, 5) is 79.4. The normalized spacial score (nSPS) is 19.8. The number of ketones is 2. The van der Waals surface area contributed by atoms with Crippen LogP contribution in [0.1, 0.15) is 71.4 Å². The zero-order valence-corrected chi connectivity index (χ0v) is 34.2. The third-order valence-corrected chi connectivity index (χ3v) is 10.7. The lowest BCUT2D eigenvalue weighted by molar-refractivity contribution is -0.133. The first kappa shape index (κ1) is 45.7. The van der Waals surface area contributed by atoms with Gasteiger partial charge in [-0.2, -0.15) is 0 Å². The van der Waals surface area contributed by atoms with Crippen molar-refractivity contribution in [1.29, 1.82) is 0 Å². The van der Waals surface area contributed by atoms with Gasteiger partial charge in [0, 0.05) is 66.3 Å². The molecule has 8 unspecified atom stereocenters. The molecule has 2 aromatic rings. The van der Waals surface area contributed by atoms with Gasteiger partial charge in [-0.25, -0.2) is 0 Å². The summed E-state index contributed by atoms with van der Waals surface area (Å²) in [5.41, 5.74) is 14.0. The van der Waals surface area contributed by atoms with E-state index < -0.39 is 70.4 Å². The Morgan fingerprint density at radius 2 is 1.50 bits per heavy atom. The molecule has 56 heavy (non-hydrogen) atoms. The SMILES string of the molecule is CC(=O)NC(CCS(C)=O)C(=O)C(C)C(C)CC1C(=O)NC(C)C(=O)NC(C(=O)NC(C)C(C)=O)Cc2ccc(OCCN)c(c2)-c2cc1ccc2OCCN. The average Bonchev–Trinajstić information content (AvgIpc) is 3.15. The number of Topliss-reactive ketones (excluding diaryl/α,β-unsaturated/α-hetero) is 2. The van der Waals surface area contributed by atoms with Crippen molar-refractivity contribution in [2.45, 2.75) is 90.9 Å². The second-order valence-corrected chi connectivity index (χ2v) is 16.0. The van der Waals surface area contributed by atoms with Crippen molar-refractivity contribution in [3.05, 3.63) is 47.5 Å². The highest BCUT2D eigenvalue weighted by Gasteiger charge is 2.34. The fraction of sp³-hybridized carbons (Fsp3) is 0.550. The van der Waals surface area contributed by atoms with Crippen molar-refractivity contribution >= 4 is 46.0 Å². The molecule has 1 heterocycles.